The normalized spacial score (nSPS) is 9.90. The third-order valence-corrected chi connectivity index (χ3v) is 2.27. The highest BCUT2D eigenvalue weighted by atomic mass is 35.5. The van der Waals surface area contributed by atoms with Crippen molar-refractivity contribution < 1.29 is 29.0 Å². The van der Waals surface area contributed by atoms with Crippen LogP contribution < -0.4 is 5.32 Å². The van der Waals surface area contributed by atoms with Crippen LogP contribution in [0, 0.1) is 5.82 Å². The molecule has 7 nitrogen and oxygen atoms in total. The summed E-state index contributed by atoms with van der Waals surface area (Å²) in [7, 11) is 0. The largest absolute Gasteiger partial charge is 0.480 e. The summed E-state index contributed by atoms with van der Waals surface area (Å²) in [6, 6.07) is 2.23. The lowest BCUT2D eigenvalue weighted by atomic mass is 10.3. The van der Waals surface area contributed by atoms with Crippen molar-refractivity contribution in [1.82, 2.24) is 4.90 Å². The van der Waals surface area contributed by atoms with E-state index in [1.165, 1.54) is 6.07 Å². The Morgan fingerprint density at radius 3 is 2.15 bits per heavy atom. The standard InChI is InChI=1S/C11H10ClFN2O5/c12-6-1-7(13)3-8(2-6)14-11(20)15(4-9(16)17)5-10(18)19/h1-3H,4-5H2,(H,14,20)(H,16,17)(H,18,19). The molecular weight excluding hydrogens is 295 g/mol. The maximum Gasteiger partial charge on any atom is 0.323 e. The molecule has 0 aliphatic carbocycles. The molecule has 0 heterocycles. The number of hydrogen-bond acceptors (Lipinski definition) is 3. The number of carbonyl (C=O) groups is 3. The fourth-order valence-corrected chi connectivity index (χ4v) is 1.58. The molecule has 0 aromatic heterocycles. The van der Waals surface area contributed by atoms with Gasteiger partial charge in [0, 0.05) is 10.7 Å². The number of carbonyl (C=O) groups excluding carboxylic acids is 1. The highest BCUT2D eigenvalue weighted by molar-refractivity contribution is 6.30. The summed E-state index contributed by atoms with van der Waals surface area (Å²) in [6.07, 6.45) is 0. The predicted octanol–water partition coefficient (Wildman–Crippen LogP) is 1.48. The van der Waals surface area contributed by atoms with E-state index in [1.54, 1.807) is 0 Å². The molecule has 0 spiro atoms. The zero-order chi connectivity index (χ0) is 15.3. The van der Waals surface area contributed by atoms with Gasteiger partial charge in [0.25, 0.3) is 0 Å². The molecule has 1 aromatic carbocycles. The first kappa shape index (κ1) is 15.7. The minimum atomic E-state index is -1.38. The van der Waals surface area contributed by atoms with Crippen molar-refractivity contribution in [3.05, 3.63) is 29.0 Å². The van der Waals surface area contributed by atoms with Crippen molar-refractivity contribution >= 4 is 35.3 Å². The summed E-state index contributed by atoms with van der Waals surface area (Å²) in [5.74, 6) is -3.45. The number of urea groups is 1. The third kappa shape index (κ3) is 5.11. The number of benzene rings is 1. The minimum absolute atomic E-state index is 0.0132. The molecule has 0 fully saturated rings. The van der Waals surface area contributed by atoms with Crippen LogP contribution in [0.25, 0.3) is 0 Å². The molecule has 0 bridgehead atoms. The molecule has 0 radical (unpaired) electrons. The molecule has 0 aliphatic heterocycles. The summed E-state index contributed by atoms with van der Waals surface area (Å²) in [5.41, 5.74) is -0.0132. The topological polar surface area (TPSA) is 107 Å². The second-order valence-electron chi connectivity index (χ2n) is 3.73. The number of amides is 2. The maximum absolute atomic E-state index is 13.1. The molecule has 9 heteroatoms. The number of nitrogens with one attached hydrogen (secondary N) is 1. The summed E-state index contributed by atoms with van der Waals surface area (Å²) >= 11 is 5.59. The van der Waals surface area contributed by atoms with Crippen molar-refractivity contribution in [2.75, 3.05) is 18.4 Å². The van der Waals surface area contributed by atoms with E-state index in [9.17, 15) is 18.8 Å². The first-order valence-electron chi connectivity index (χ1n) is 5.23. The molecule has 3 N–H and O–H groups in total. The monoisotopic (exact) mass is 304 g/mol. The van der Waals surface area contributed by atoms with Gasteiger partial charge in [-0.2, -0.15) is 0 Å². The molecule has 0 aliphatic rings. The Hall–Kier alpha value is -2.35. The minimum Gasteiger partial charge on any atom is -0.480 e. The first-order valence-corrected chi connectivity index (χ1v) is 5.61. The number of anilines is 1. The summed E-state index contributed by atoms with van der Waals surface area (Å²) in [6.45, 7) is -1.61. The zero-order valence-corrected chi connectivity index (χ0v) is 10.7. The molecule has 108 valence electrons. The number of hydrogen-bond donors (Lipinski definition) is 3. The van der Waals surface area contributed by atoms with E-state index in [4.69, 9.17) is 21.8 Å². The van der Waals surface area contributed by atoms with Crippen LogP contribution in [-0.2, 0) is 9.59 Å². The van der Waals surface area contributed by atoms with Gasteiger partial charge >= 0.3 is 18.0 Å². The molecule has 20 heavy (non-hydrogen) atoms. The van der Waals surface area contributed by atoms with Crippen LogP contribution in [0.2, 0.25) is 5.02 Å². The zero-order valence-electron chi connectivity index (χ0n) is 9.97. The van der Waals surface area contributed by atoms with Gasteiger partial charge in [0.05, 0.1) is 0 Å². The predicted molar refractivity (Wildman–Crippen MR) is 67.3 cm³/mol. The summed E-state index contributed by atoms with van der Waals surface area (Å²) < 4.78 is 13.1. The second-order valence-corrected chi connectivity index (χ2v) is 4.17. The molecule has 1 aromatic rings. The van der Waals surface area contributed by atoms with Gasteiger partial charge in [-0.05, 0) is 18.2 Å². The van der Waals surface area contributed by atoms with Gasteiger partial charge in [-0.1, -0.05) is 11.6 Å². The average molecular weight is 305 g/mol. The van der Waals surface area contributed by atoms with E-state index in [0.717, 1.165) is 12.1 Å². The van der Waals surface area contributed by atoms with Gasteiger partial charge in [-0.3, -0.25) is 9.59 Å². The Labute approximate surface area is 117 Å². The van der Waals surface area contributed by atoms with E-state index < -0.39 is 36.9 Å². The molecule has 0 unspecified atom stereocenters. The van der Waals surface area contributed by atoms with Crippen molar-refractivity contribution in [2.45, 2.75) is 0 Å². The Kier molecular flexibility index (Phi) is 5.27. The molecule has 2 amide bonds. The van der Waals surface area contributed by atoms with Crippen LogP contribution in [0.15, 0.2) is 18.2 Å². The van der Waals surface area contributed by atoms with Gasteiger partial charge in [-0.15, -0.1) is 0 Å². The number of aliphatic carboxylic acids is 2. The smallest absolute Gasteiger partial charge is 0.323 e. The van der Waals surface area contributed by atoms with Crippen molar-refractivity contribution in [3.8, 4) is 0 Å². The van der Waals surface area contributed by atoms with Crippen molar-refractivity contribution in [1.29, 1.82) is 0 Å². The summed E-state index contributed by atoms with van der Waals surface area (Å²) in [5, 5.41) is 19.4. The van der Waals surface area contributed by atoms with Gasteiger partial charge in [0.1, 0.15) is 18.9 Å². The van der Waals surface area contributed by atoms with Gasteiger partial charge in [0.2, 0.25) is 0 Å². The number of carboxylic acids is 2. The van der Waals surface area contributed by atoms with E-state index >= 15 is 0 Å². The van der Waals surface area contributed by atoms with E-state index in [1.807, 2.05) is 0 Å². The van der Waals surface area contributed by atoms with Crippen LogP contribution in [0.3, 0.4) is 0 Å². The van der Waals surface area contributed by atoms with Crippen molar-refractivity contribution in [2.24, 2.45) is 0 Å². The second kappa shape index (κ2) is 6.71. The highest BCUT2D eigenvalue weighted by Gasteiger charge is 2.20. The van der Waals surface area contributed by atoms with Crippen LogP contribution in [0.4, 0.5) is 14.9 Å². The maximum atomic E-state index is 13.1. The quantitative estimate of drug-likeness (QED) is 0.764. The van der Waals surface area contributed by atoms with Gasteiger partial charge < -0.3 is 20.4 Å². The van der Waals surface area contributed by atoms with E-state index in [0.29, 0.717) is 4.90 Å². The highest BCUT2D eigenvalue weighted by Crippen LogP contribution is 2.18. The van der Waals surface area contributed by atoms with Gasteiger partial charge in [0.15, 0.2) is 0 Å². The molecule has 1 rings (SSSR count). The van der Waals surface area contributed by atoms with Gasteiger partial charge in [-0.25, -0.2) is 9.18 Å². The van der Waals surface area contributed by atoms with Crippen LogP contribution in [-0.4, -0.2) is 46.2 Å². The molecule has 0 saturated carbocycles. The number of rotatable bonds is 5. The third-order valence-electron chi connectivity index (χ3n) is 2.05. The SMILES string of the molecule is O=C(O)CN(CC(=O)O)C(=O)Nc1cc(F)cc(Cl)c1. The molecular formula is C11H10ClFN2O5. The number of nitrogens with zero attached hydrogens (tertiary/aromatic N) is 1. The van der Waals surface area contributed by atoms with Crippen LogP contribution >= 0.6 is 11.6 Å². The molecule has 0 atom stereocenters. The lowest BCUT2D eigenvalue weighted by Gasteiger charge is -2.19. The Morgan fingerprint density at radius 2 is 1.70 bits per heavy atom. The lowest BCUT2D eigenvalue weighted by Crippen LogP contribution is -2.41. The summed E-state index contributed by atoms with van der Waals surface area (Å²) in [4.78, 5) is 33.4. The van der Waals surface area contributed by atoms with Crippen LogP contribution in [0.5, 0.6) is 0 Å². The molecule has 0 saturated heterocycles. The Balaban J connectivity index is 2.83. The van der Waals surface area contributed by atoms with Crippen molar-refractivity contribution in [3.63, 3.8) is 0 Å². The number of carboxylic acid groups (broad SMARTS) is 2. The van der Waals surface area contributed by atoms with E-state index in [-0.39, 0.29) is 10.7 Å². The average Bonchev–Trinajstić information content (AvgIpc) is 2.24. The Bertz CT molecular complexity index is 515. The number of halogens is 2. The van der Waals surface area contributed by atoms with Crippen LogP contribution in [0.1, 0.15) is 0 Å². The fourth-order valence-electron chi connectivity index (χ4n) is 1.35. The van der Waals surface area contributed by atoms with E-state index in [2.05, 4.69) is 5.32 Å². The Morgan fingerprint density at radius 1 is 1.15 bits per heavy atom. The first-order chi connectivity index (χ1) is 9.27. The lowest BCUT2D eigenvalue weighted by molar-refractivity contribution is -0.140. The fraction of sp³-hybridized carbons (Fsp3) is 0.182.